The summed E-state index contributed by atoms with van der Waals surface area (Å²) in [5.74, 6) is 5.26. The fraction of sp³-hybridized carbons (Fsp3) is 0.0667. The van der Waals surface area contributed by atoms with Crippen LogP contribution in [0.2, 0.25) is 5.02 Å². The number of anilines is 1. The standard InChI is InChI=1S/C15H12ClN3O/c16-12-4-1-5-13(9-12)19-15(20)14-7-6-11(10-18-14)3-2-8-17/h1,4-7,9-10H,8,17H2,(H,19,20). The number of nitrogens with two attached hydrogens (primary N) is 1. The summed E-state index contributed by atoms with van der Waals surface area (Å²) in [6.45, 7) is 0.289. The molecular weight excluding hydrogens is 274 g/mol. The lowest BCUT2D eigenvalue weighted by molar-refractivity contribution is 0.102. The van der Waals surface area contributed by atoms with Crippen molar-refractivity contribution >= 4 is 23.2 Å². The van der Waals surface area contributed by atoms with Crippen LogP contribution in [0.5, 0.6) is 0 Å². The van der Waals surface area contributed by atoms with E-state index in [0.29, 0.717) is 16.4 Å². The van der Waals surface area contributed by atoms with Gasteiger partial charge >= 0.3 is 0 Å². The van der Waals surface area contributed by atoms with Crippen LogP contribution in [0.4, 0.5) is 5.69 Å². The van der Waals surface area contributed by atoms with Gasteiger partial charge in [0, 0.05) is 22.5 Å². The maximum Gasteiger partial charge on any atom is 0.274 e. The average Bonchev–Trinajstić information content (AvgIpc) is 2.45. The number of pyridine rings is 1. The molecule has 0 saturated carbocycles. The van der Waals surface area contributed by atoms with E-state index < -0.39 is 0 Å². The molecule has 3 N–H and O–H groups in total. The highest BCUT2D eigenvalue weighted by Crippen LogP contribution is 2.15. The van der Waals surface area contributed by atoms with Gasteiger partial charge in [-0.05, 0) is 30.3 Å². The number of nitrogens with one attached hydrogen (secondary N) is 1. The van der Waals surface area contributed by atoms with Crippen molar-refractivity contribution in [3.05, 3.63) is 58.9 Å². The summed E-state index contributed by atoms with van der Waals surface area (Å²) < 4.78 is 0. The number of carbonyl (C=O) groups excluding carboxylic acids is 1. The molecule has 0 aliphatic rings. The highest BCUT2D eigenvalue weighted by molar-refractivity contribution is 6.30. The highest BCUT2D eigenvalue weighted by Gasteiger charge is 2.07. The zero-order valence-corrected chi connectivity index (χ0v) is 11.3. The van der Waals surface area contributed by atoms with Gasteiger partial charge in [-0.2, -0.15) is 0 Å². The molecule has 5 heteroatoms. The fourth-order valence-electron chi connectivity index (χ4n) is 1.52. The van der Waals surface area contributed by atoms with Crippen LogP contribution in [0.3, 0.4) is 0 Å². The summed E-state index contributed by atoms with van der Waals surface area (Å²) in [4.78, 5) is 16.0. The van der Waals surface area contributed by atoms with Crippen LogP contribution in [0.25, 0.3) is 0 Å². The van der Waals surface area contributed by atoms with E-state index in [1.165, 1.54) is 6.20 Å². The molecule has 0 aliphatic carbocycles. The van der Waals surface area contributed by atoms with E-state index in [0.717, 1.165) is 5.56 Å². The Kier molecular flexibility index (Phi) is 4.72. The highest BCUT2D eigenvalue weighted by atomic mass is 35.5. The monoisotopic (exact) mass is 285 g/mol. The van der Waals surface area contributed by atoms with E-state index in [-0.39, 0.29) is 12.5 Å². The summed E-state index contributed by atoms with van der Waals surface area (Å²) in [6.07, 6.45) is 1.54. The van der Waals surface area contributed by atoms with Crippen LogP contribution in [-0.4, -0.2) is 17.4 Å². The Bertz CT molecular complexity index is 672. The molecule has 0 spiro atoms. The smallest absolute Gasteiger partial charge is 0.274 e. The van der Waals surface area contributed by atoms with Crippen molar-refractivity contribution < 1.29 is 4.79 Å². The van der Waals surface area contributed by atoms with E-state index in [2.05, 4.69) is 22.1 Å². The summed E-state index contributed by atoms with van der Waals surface area (Å²) in [5, 5.41) is 3.28. The molecule has 0 aliphatic heterocycles. The van der Waals surface area contributed by atoms with Crippen molar-refractivity contribution in [3.8, 4) is 11.8 Å². The average molecular weight is 286 g/mol. The Morgan fingerprint density at radius 3 is 2.85 bits per heavy atom. The molecule has 0 saturated heterocycles. The molecule has 0 atom stereocenters. The van der Waals surface area contributed by atoms with E-state index in [1.54, 1.807) is 36.4 Å². The van der Waals surface area contributed by atoms with Gasteiger partial charge in [0.1, 0.15) is 5.69 Å². The van der Waals surface area contributed by atoms with Crippen molar-refractivity contribution in [1.29, 1.82) is 0 Å². The van der Waals surface area contributed by atoms with Crippen molar-refractivity contribution in [2.24, 2.45) is 5.73 Å². The molecular formula is C15H12ClN3O. The van der Waals surface area contributed by atoms with Gasteiger partial charge in [0.05, 0.1) is 6.54 Å². The minimum Gasteiger partial charge on any atom is -0.321 e. The second-order valence-corrected chi connectivity index (χ2v) is 4.34. The number of benzene rings is 1. The normalized spacial score (nSPS) is 9.50. The molecule has 20 heavy (non-hydrogen) atoms. The molecule has 1 aromatic heterocycles. The second-order valence-electron chi connectivity index (χ2n) is 3.90. The number of amides is 1. The lowest BCUT2D eigenvalue weighted by Crippen LogP contribution is -2.13. The number of carbonyl (C=O) groups is 1. The summed E-state index contributed by atoms with van der Waals surface area (Å²) in [6, 6.07) is 10.3. The summed E-state index contributed by atoms with van der Waals surface area (Å²) in [7, 11) is 0. The number of rotatable bonds is 2. The van der Waals surface area contributed by atoms with Gasteiger partial charge in [-0.1, -0.05) is 29.5 Å². The van der Waals surface area contributed by atoms with Gasteiger partial charge in [-0.3, -0.25) is 4.79 Å². The van der Waals surface area contributed by atoms with E-state index >= 15 is 0 Å². The zero-order valence-electron chi connectivity index (χ0n) is 10.6. The van der Waals surface area contributed by atoms with Crippen LogP contribution in [-0.2, 0) is 0 Å². The largest absolute Gasteiger partial charge is 0.321 e. The van der Waals surface area contributed by atoms with E-state index in [9.17, 15) is 4.79 Å². The SMILES string of the molecule is NCC#Cc1ccc(C(=O)Nc2cccc(Cl)c2)nc1. The minimum absolute atomic E-state index is 0.289. The third-order valence-electron chi connectivity index (χ3n) is 2.41. The molecule has 100 valence electrons. The minimum atomic E-state index is -0.300. The molecule has 1 aromatic carbocycles. The predicted molar refractivity (Wildman–Crippen MR) is 79.6 cm³/mol. The molecule has 0 bridgehead atoms. The van der Waals surface area contributed by atoms with Crippen LogP contribution in [0.1, 0.15) is 16.1 Å². The van der Waals surface area contributed by atoms with Gasteiger partial charge in [0.15, 0.2) is 0 Å². The maximum atomic E-state index is 12.0. The van der Waals surface area contributed by atoms with Gasteiger partial charge in [0.25, 0.3) is 5.91 Å². The van der Waals surface area contributed by atoms with Crippen LogP contribution in [0, 0.1) is 11.8 Å². The second kappa shape index (κ2) is 6.71. The quantitative estimate of drug-likeness (QED) is 0.832. The Balaban J connectivity index is 2.09. The number of aromatic nitrogens is 1. The number of hydrogen-bond acceptors (Lipinski definition) is 3. The lowest BCUT2D eigenvalue weighted by atomic mass is 10.2. The van der Waals surface area contributed by atoms with E-state index in [1.807, 2.05) is 0 Å². The third-order valence-corrected chi connectivity index (χ3v) is 2.65. The van der Waals surface area contributed by atoms with E-state index in [4.69, 9.17) is 17.3 Å². The van der Waals surface area contributed by atoms with Crippen molar-refractivity contribution in [2.75, 3.05) is 11.9 Å². The lowest BCUT2D eigenvalue weighted by Gasteiger charge is -2.04. The van der Waals surface area contributed by atoms with Crippen molar-refractivity contribution in [2.45, 2.75) is 0 Å². The first kappa shape index (κ1) is 14.1. The van der Waals surface area contributed by atoms with Gasteiger partial charge < -0.3 is 11.1 Å². The van der Waals surface area contributed by atoms with Gasteiger partial charge in [0.2, 0.25) is 0 Å². The fourth-order valence-corrected chi connectivity index (χ4v) is 1.71. The first-order valence-corrected chi connectivity index (χ1v) is 6.29. The topological polar surface area (TPSA) is 68.0 Å². The Labute approximate surface area is 122 Å². The molecule has 2 rings (SSSR count). The molecule has 1 heterocycles. The third kappa shape index (κ3) is 3.82. The molecule has 0 radical (unpaired) electrons. The molecule has 0 fully saturated rings. The zero-order chi connectivity index (χ0) is 14.4. The van der Waals surface area contributed by atoms with Crippen molar-refractivity contribution in [3.63, 3.8) is 0 Å². The number of halogens is 1. The molecule has 0 unspecified atom stereocenters. The first-order valence-electron chi connectivity index (χ1n) is 5.91. The molecule has 2 aromatic rings. The Hall–Kier alpha value is -2.35. The van der Waals surface area contributed by atoms with Crippen LogP contribution < -0.4 is 11.1 Å². The number of hydrogen-bond donors (Lipinski definition) is 2. The molecule has 4 nitrogen and oxygen atoms in total. The van der Waals surface area contributed by atoms with Crippen LogP contribution >= 0.6 is 11.6 Å². The number of nitrogens with zero attached hydrogens (tertiary/aromatic N) is 1. The Morgan fingerprint density at radius 2 is 2.20 bits per heavy atom. The first-order chi connectivity index (χ1) is 9.69. The summed E-state index contributed by atoms with van der Waals surface area (Å²) in [5.41, 5.74) is 6.93. The van der Waals surface area contributed by atoms with Crippen LogP contribution in [0.15, 0.2) is 42.6 Å². The van der Waals surface area contributed by atoms with Gasteiger partial charge in [-0.15, -0.1) is 0 Å². The van der Waals surface area contributed by atoms with Crippen molar-refractivity contribution in [1.82, 2.24) is 4.98 Å². The predicted octanol–water partition coefficient (Wildman–Crippen LogP) is 2.30. The Morgan fingerprint density at radius 1 is 1.35 bits per heavy atom. The summed E-state index contributed by atoms with van der Waals surface area (Å²) >= 11 is 5.85. The maximum absolute atomic E-state index is 12.0. The van der Waals surface area contributed by atoms with Gasteiger partial charge in [-0.25, -0.2) is 4.98 Å². The molecule has 1 amide bonds.